The molecule has 2 aromatic rings. The van der Waals surface area contributed by atoms with Crippen LogP contribution in [-0.2, 0) is 6.42 Å². The topological polar surface area (TPSA) is 30.7 Å². The molecule has 3 rings (SSSR count). The zero-order valence-corrected chi connectivity index (χ0v) is 14.0. The fourth-order valence-corrected chi connectivity index (χ4v) is 4.09. The van der Waals surface area contributed by atoms with Gasteiger partial charge >= 0.3 is 0 Å². The first-order valence-corrected chi connectivity index (χ1v) is 8.58. The maximum atomic E-state index is 6.05. The molecule has 0 aromatic carbocycles. The fourth-order valence-electron chi connectivity index (χ4n) is 3.76. The third-order valence-corrected chi connectivity index (χ3v) is 4.80. The number of aryl methyl sites for hydroxylation is 1. The van der Waals surface area contributed by atoms with E-state index in [0.717, 1.165) is 35.2 Å². The number of rotatable bonds is 3. The summed E-state index contributed by atoms with van der Waals surface area (Å²) in [6.45, 7) is 4.68. The van der Waals surface area contributed by atoms with E-state index >= 15 is 0 Å². The van der Waals surface area contributed by atoms with Crippen LogP contribution in [-0.4, -0.2) is 20.4 Å². The Hall–Kier alpha value is -0.800. The highest BCUT2D eigenvalue weighted by molar-refractivity contribution is 6.31. The Kier molecular flexibility index (Phi) is 4.41. The maximum Gasteiger partial charge on any atom is 0.160 e. The van der Waals surface area contributed by atoms with Crippen molar-refractivity contribution < 1.29 is 0 Å². The molecule has 21 heavy (non-hydrogen) atoms. The molecule has 2 aromatic heterocycles. The minimum Gasteiger partial charge on any atom is -0.310 e. The van der Waals surface area contributed by atoms with Gasteiger partial charge in [-0.3, -0.25) is 0 Å². The normalized spacial score (nSPS) is 26.4. The van der Waals surface area contributed by atoms with Crippen LogP contribution in [0.3, 0.4) is 0 Å². The number of fused-ring (bicyclic) bond motifs is 1. The smallest absolute Gasteiger partial charge is 0.160 e. The molecule has 1 fully saturated rings. The number of halogens is 2. The van der Waals surface area contributed by atoms with Crippen LogP contribution in [0, 0.1) is 11.8 Å². The zero-order chi connectivity index (χ0) is 15.0. The fraction of sp³-hybridized carbons (Fsp3) is 0.625. The van der Waals surface area contributed by atoms with Gasteiger partial charge in [-0.1, -0.05) is 25.4 Å². The van der Waals surface area contributed by atoms with Crippen molar-refractivity contribution in [2.45, 2.75) is 45.6 Å². The monoisotopic (exact) mass is 325 g/mol. The molecule has 114 valence electrons. The van der Waals surface area contributed by atoms with Crippen molar-refractivity contribution in [3.63, 3.8) is 0 Å². The van der Waals surface area contributed by atoms with Crippen molar-refractivity contribution in [2.75, 3.05) is 5.88 Å². The van der Waals surface area contributed by atoms with Gasteiger partial charge in [0.1, 0.15) is 11.3 Å². The van der Waals surface area contributed by atoms with Gasteiger partial charge in [-0.2, -0.15) is 0 Å². The number of imidazole rings is 1. The Morgan fingerprint density at radius 1 is 1.24 bits per heavy atom. The van der Waals surface area contributed by atoms with Crippen molar-refractivity contribution in [3.05, 3.63) is 23.1 Å². The average Bonchev–Trinajstić information content (AvgIpc) is 2.75. The summed E-state index contributed by atoms with van der Waals surface area (Å²) in [7, 11) is 0. The van der Waals surface area contributed by atoms with Crippen LogP contribution < -0.4 is 0 Å². The Morgan fingerprint density at radius 2 is 1.95 bits per heavy atom. The van der Waals surface area contributed by atoms with E-state index in [0.29, 0.717) is 16.9 Å². The molecule has 0 spiro atoms. The average molecular weight is 326 g/mol. The molecule has 0 saturated heterocycles. The summed E-state index contributed by atoms with van der Waals surface area (Å²) in [6, 6.07) is 2.37. The molecule has 0 bridgehead atoms. The Balaban J connectivity index is 2.08. The van der Waals surface area contributed by atoms with Crippen LogP contribution in [0.1, 0.15) is 45.0 Å². The minimum atomic E-state index is 0.473. The lowest BCUT2D eigenvalue weighted by molar-refractivity contribution is 0.221. The molecule has 2 heterocycles. The molecule has 5 heteroatoms. The number of pyridine rings is 1. The Morgan fingerprint density at radius 3 is 2.62 bits per heavy atom. The SMILES string of the molecule is CC1CC(C)CC(n2c(CCCl)nc3cc(Cl)cnc32)C1. The van der Waals surface area contributed by atoms with Gasteiger partial charge in [0.05, 0.1) is 5.02 Å². The molecule has 0 aliphatic heterocycles. The lowest BCUT2D eigenvalue weighted by Crippen LogP contribution is -2.24. The van der Waals surface area contributed by atoms with Gasteiger partial charge in [-0.25, -0.2) is 9.97 Å². The minimum absolute atomic E-state index is 0.473. The predicted octanol–water partition coefficient (Wildman–Crippen LogP) is 4.86. The first kappa shape index (κ1) is 15.1. The van der Waals surface area contributed by atoms with Gasteiger partial charge < -0.3 is 4.57 Å². The van der Waals surface area contributed by atoms with Crippen molar-refractivity contribution in [1.29, 1.82) is 0 Å². The van der Waals surface area contributed by atoms with Crippen LogP contribution >= 0.6 is 23.2 Å². The van der Waals surface area contributed by atoms with Crippen molar-refractivity contribution in [3.8, 4) is 0 Å². The van der Waals surface area contributed by atoms with Gasteiger partial charge in [0, 0.05) is 24.5 Å². The highest BCUT2D eigenvalue weighted by Crippen LogP contribution is 2.38. The number of nitrogens with zero attached hydrogens (tertiary/aromatic N) is 3. The van der Waals surface area contributed by atoms with Crippen LogP contribution in [0.4, 0.5) is 0 Å². The summed E-state index contributed by atoms with van der Waals surface area (Å²) in [5, 5.41) is 0.634. The molecule has 1 saturated carbocycles. The van der Waals surface area contributed by atoms with Crippen molar-refractivity contribution in [2.24, 2.45) is 11.8 Å². The number of aromatic nitrogens is 3. The molecule has 1 aliphatic carbocycles. The summed E-state index contributed by atoms with van der Waals surface area (Å²) in [6.07, 6.45) is 6.18. The second-order valence-electron chi connectivity index (χ2n) is 6.40. The lowest BCUT2D eigenvalue weighted by Gasteiger charge is -2.33. The molecule has 2 unspecified atom stereocenters. The Labute approximate surface area is 135 Å². The second kappa shape index (κ2) is 6.13. The summed E-state index contributed by atoms with van der Waals surface area (Å²) in [5.41, 5.74) is 1.83. The van der Waals surface area contributed by atoms with Gasteiger partial charge in [0.15, 0.2) is 5.65 Å². The van der Waals surface area contributed by atoms with E-state index in [2.05, 4.69) is 23.4 Å². The molecule has 0 amide bonds. The van der Waals surface area contributed by atoms with Gasteiger partial charge in [-0.15, -0.1) is 11.6 Å². The molecular weight excluding hydrogens is 305 g/mol. The van der Waals surface area contributed by atoms with E-state index in [-0.39, 0.29) is 0 Å². The van der Waals surface area contributed by atoms with E-state index in [4.69, 9.17) is 28.2 Å². The third kappa shape index (κ3) is 3.04. The zero-order valence-electron chi connectivity index (χ0n) is 12.5. The Bertz CT molecular complexity index is 628. The highest BCUT2D eigenvalue weighted by atomic mass is 35.5. The van der Waals surface area contributed by atoms with E-state index in [9.17, 15) is 0 Å². The molecular formula is C16H21Cl2N3. The quantitative estimate of drug-likeness (QED) is 0.754. The summed E-state index contributed by atoms with van der Waals surface area (Å²) in [4.78, 5) is 9.25. The summed E-state index contributed by atoms with van der Waals surface area (Å²) in [5.74, 6) is 3.11. The number of hydrogen-bond acceptors (Lipinski definition) is 2. The van der Waals surface area contributed by atoms with Gasteiger partial charge in [0.2, 0.25) is 0 Å². The number of alkyl halides is 1. The van der Waals surface area contributed by atoms with Crippen molar-refractivity contribution >= 4 is 34.4 Å². The van der Waals surface area contributed by atoms with E-state index < -0.39 is 0 Å². The van der Waals surface area contributed by atoms with Gasteiger partial charge in [0.25, 0.3) is 0 Å². The second-order valence-corrected chi connectivity index (χ2v) is 7.22. The van der Waals surface area contributed by atoms with Crippen LogP contribution in [0.2, 0.25) is 5.02 Å². The van der Waals surface area contributed by atoms with E-state index in [1.165, 1.54) is 19.3 Å². The predicted molar refractivity (Wildman–Crippen MR) is 88.2 cm³/mol. The molecule has 0 N–H and O–H groups in total. The lowest BCUT2D eigenvalue weighted by atomic mass is 9.80. The van der Waals surface area contributed by atoms with Crippen LogP contribution in [0.5, 0.6) is 0 Å². The van der Waals surface area contributed by atoms with E-state index in [1.807, 2.05) is 6.07 Å². The van der Waals surface area contributed by atoms with Gasteiger partial charge in [-0.05, 0) is 37.2 Å². The third-order valence-electron chi connectivity index (χ3n) is 4.41. The molecule has 2 atom stereocenters. The first-order chi connectivity index (χ1) is 10.1. The molecule has 0 radical (unpaired) electrons. The molecule has 1 aliphatic rings. The van der Waals surface area contributed by atoms with Crippen LogP contribution in [0.25, 0.3) is 11.2 Å². The number of hydrogen-bond donors (Lipinski definition) is 0. The van der Waals surface area contributed by atoms with E-state index in [1.54, 1.807) is 6.20 Å². The summed E-state index contributed by atoms with van der Waals surface area (Å²) < 4.78 is 2.32. The highest BCUT2D eigenvalue weighted by Gasteiger charge is 2.28. The standard InChI is InChI=1S/C16H21Cl2N3/c1-10-5-11(2)7-13(6-10)21-15(3-4-17)20-14-8-12(18)9-19-16(14)21/h8-11,13H,3-7H2,1-2H3. The molecule has 3 nitrogen and oxygen atoms in total. The van der Waals surface area contributed by atoms with Crippen molar-refractivity contribution in [1.82, 2.24) is 14.5 Å². The maximum absolute atomic E-state index is 6.05. The van der Waals surface area contributed by atoms with Crippen LogP contribution in [0.15, 0.2) is 12.3 Å². The summed E-state index contributed by atoms with van der Waals surface area (Å²) >= 11 is 12.0. The first-order valence-electron chi connectivity index (χ1n) is 7.66. The largest absolute Gasteiger partial charge is 0.310 e.